The zero-order valence-electron chi connectivity index (χ0n) is 14.8. The Bertz CT molecular complexity index is 1010. The number of hydrogen-bond donors (Lipinski definition) is 1. The second kappa shape index (κ2) is 8.91. The van der Waals surface area contributed by atoms with Gasteiger partial charge in [-0.1, -0.05) is 11.6 Å². The number of thiophene rings is 1. The van der Waals surface area contributed by atoms with Gasteiger partial charge in [-0.25, -0.2) is 15.0 Å². The molecule has 0 aromatic carbocycles. The molecule has 0 saturated heterocycles. The van der Waals surface area contributed by atoms with Crippen molar-refractivity contribution >= 4 is 46.3 Å². The molecule has 7 nitrogen and oxygen atoms in total. The molecule has 136 valence electrons. The molecule has 0 bridgehead atoms. The topological polar surface area (TPSA) is 92.5 Å². The normalized spacial score (nSPS) is 11.8. The number of nitrogens with one attached hydrogen (secondary N) is 1. The van der Waals surface area contributed by atoms with Crippen LogP contribution in [0.3, 0.4) is 0 Å². The van der Waals surface area contributed by atoms with Gasteiger partial charge in [0.05, 0.1) is 5.39 Å². The lowest BCUT2D eigenvalue weighted by Gasteiger charge is -2.08. The number of anilines is 1. The van der Waals surface area contributed by atoms with Crippen LogP contribution in [0.1, 0.15) is 19.8 Å². The maximum atomic E-state index is 12.4. The Labute approximate surface area is 160 Å². The smallest absolute Gasteiger partial charge is 0.225 e. The SMILES string of the molecule is C=NC=N/C=C(\C)CCC(=O)Nc1nc(-c2ccccn2)nc2sccc12. The minimum Gasteiger partial charge on any atom is -0.310 e. The van der Waals surface area contributed by atoms with Crippen LogP contribution < -0.4 is 5.32 Å². The fraction of sp³-hybridized carbons (Fsp3) is 0.158. The van der Waals surface area contributed by atoms with Crippen LogP contribution in [0.4, 0.5) is 5.82 Å². The zero-order valence-corrected chi connectivity index (χ0v) is 15.6. The number of carbonyl (C=O) groups is 1. The first-order chi connectivity index (χ1) is 13.2. The average Bonchev–Trinajstić information content (AvgIpc) is 3.16. The summed E-state index contributed by atoms with van der Waals surface area (Å²) in [5, 5.41) is 5.65. The molecule has 0 radical (unpaired) electrons. The molecule has 0 saturated carbocycles. The zero-order chi connectivity index (χ0) is 19.1. The van der Waals surface area contributed by atoms with E-state index >= 15 is 0 Å². The number of aliphatic imine (C=N–C) groups is 2. The van der Waals surface area contributed by atoms with Gasteiger partial charge in [0.25, 0.3) is 0 Å². The van der Waals surface area contributed by atoms with Crippen molar-refractivity contribution in [2.75, 3.05) is 5.32 Å². The van der Waals surface area contributed by atoms with Crippen molar-refractivity contribution < 1.29 is 4.79 Å². The van der Waals surface area contributed by atoms with E-state index in [1.807, 2.05) is 36.6 Å². The van der Waals surface area contributed by atoms with Crippen molar-refractivity contribution in [1.82, 2.24) is 15.0 Å². The summed E-state index contributed by atoms with van der Waals surface area (Å²) in [6.45, 7) is 5.23. The third-order valence-electron chi connectivity index (χ3n) is 3.67. The number of hydrogen-bond acceptors (Lipinski definition) is 6. The summed E-state index contributed by atoms with van der Waals surface area (Å²) in [6.07, 6.45) is 5.63. The molecular formula is C19H18N6OS. The molecule has 3 aromatic heterocycles. The predicted molar refractivity (Wildman–Crippen MR) is 110 cm³/mol. The molecule has 0 aliphatic rings. The van der Waals surface area contributed by atoms with Gasteiger partial charge in [-0.15, -0.1) is 11.3 Å². The van der Waals surface area contributed by atoms with Crippen LogP contribution in [-0.2, 0) is 4.79 Å². The number of rotatable bonds is 7. The highest BCUT2D eigenvalue weighted by molar-refractivity contribution is 7.16. The van der Waals surface area contributed by atoms with E-state index in [2.05, 4.69) is 37.0 Å². The van der Waals surface area contributed by atoms with E-state index in [-0.39, 0.29) is 5.91 Å². The lowest BCUT2D eigenvalue weighted by atomic mass is 10.2. The Morgan fingerprint density at radius 2 is 2.19 bits per heavy atom. The van der Waals surface area contributed by atoms with E-state index < -0.39 is 0 Å². The molecule has 8 heteroatoms. The van der Waals surface area contributed by atoms with Crippen molar-refractivity contribution in [1.29, 1.82) is 0 Å². The van der Waals surface area contributed by atoms with E-state index in [1.54, 1.807) is 12.4 Å². The molecule has 27 heavy (non-hydrogen) atoms. The molecule has 0 atom stereocenters. The van der Waals surface area contributed by atoms with Gasteiger partial charge in [0.2, 0.25) is 5.91 Å². The predicted octanol–water partition coefficient (Wildman–Crippen LogP) is 4.10. The monoisotopic (exact) mass is 378 g/mol. The highest BCUT2D eigenvalue weighted by atomic mass is 32.1. The number of aromatic nitrogens is 3. The van der Waals surface area contributed by atoms with Crippen molar-refractivity contribution in [2.45, 2.75) is 19.8 Å². The van der Waals surface area contributed by atoms with Crippen molar-refractivity contribution in [3.05, 3.63) is 47.6 Å². The number of carbonyl (C=O) groups excluding carboxylic acids is 1. The summed E-state index contributed by atoms with van der Waals surface area (Å²) in [7, 11) is 0. The Morgan fingerprint density at radius 3 is 2.96 bits per heavy atom. The number of pyridine rings is 1. The quantitative estimate of drug-likeness (QED) is 0.495. The van der Waals surface area contributed by atoms with E-state index in [4.69, 9.17) is 0 Å². The second-order valence-electron chi connectivity index (χ2n) is 5.72. The summed E-state index contributed by atoms with van der Waals surface area (Å²) in [5.74, 6) is 0.873. The van der Waals surface area contributed by atoms with Crippen molar-refractivity contribution in [3.8, 4) is 11.5 Å². The first-order valence-corrected chi connectivity index (χ1v) is 9.15. The molecule has 0 unspecified atom stereocenters. The lowest BCUT2D eigenvalue weighted by Crippen LogP contribution is -2.13. The third kappa shape index (κ3) is 4.89. The molecule has 0 aliphatic carbocycles. The highest BCUT2D eigenvalue weighted by Gasteiger charge is 2.13. The maximum absolute atomic E-state index is 12.4. The number of amides is 1. The molecule has 1 N–H and O–H groups in total. The lowest BCUT2D eigenvalue weighted by molar-refractivity contribution is -0.116. The summed E-state index contributed by atoms with van der Waals surface area (Å²) in [5.41, 5.74) is 1.64. The van der Waals surface area contributed by atoms with Crippen molar-refractivity contribution in [2.24, 2.45) is 9.98 Å². The molecule has 3 rings (SSSR count). The van der Waals surface area contributed by atoms with Crippen LogP contribution in [0, 0.1) is 0 Å². The largest absolute Gasteiger partial charge is 0.310 e. The minimum atomic E-state index is -0.119. The van der Waals surface area contributed by atoms with E-state index in [1.165, 1.54) is 17.7 Å². The van der Waals surface area contributed by atoms with E-state index in [0.29, 0.717) is 30.2 Å². The van der Waals surface area contributed by atoms with Gasteiger partial charge in [-0.3, -0.25) is 14.8 Å². The molecule has 0 spiro atoms. The summed E-state index contributed by atoms with van der Waals surface area (Å²) in [4.78, 5) is 34.0. The Kier molecular flexibility index (Phi) is 6.11. The van der Waals surface area contributed by atoms with Crippen LogP contribution in [0.5, 0.6) is 0 Å². The van der Waals surface area contributed by atoms with E-state index in [0.717, 1.165) is 15.8 Å². The van der Waals surface area contributed by atoms with Gasteiger partial charge in [-0.2, -0.15) is 0 Å². The van der Waals surface area contributed by atoms with Crippen molar-refractivity contribution in [3.63, 3.8) is 0 Å². The summed E-state index contributed by atoms with van der Waals surface area (Å²) in [6, 6.07) is 7.45. The number of allylic oxidation sites excluding steroid dienone is 1. The molecule has 0 fully saturated rings. The minimum absolute atomic E-state index is 0.119. The summed E-state index contributed by atoms with van der Waals surface area (Å²) >= 11 is 1.50. The molecule has 3 aromatic rings. The Morgan fingerprint density at radius 1 is 1.30 bits per heavy atom. The fourth-order valence-corrected chi connectivity index (χ4v) is 3.10. The van der Waals surface area contributed by atoms with E-state index in [9.17, 15) is 4.79 Å². The second-order valence-corrected chi connectivity index (χ2v) is 6.62. The number of fused-ring (bicyclic) bond motifs is 1. The fourth-order valence-electron chi connectivity index (χ4n) is 2.34. The first-order valence-electron chi connectivity index (χ1n) is 8.27. The molecule has 0 aliphatic heterocycles. The number of nitrogens with zero attached hydrogens (tertiary/aromatic N) is 5. The van der Waals surface area contributed by atoms with Crippen LogP contribution in [0.2, 0.25) is 0 Å². The standard InChI is InChI=1S/C19H18N6OS/c1-13(11-21-12-20-2)6-7-16(26)23-17-14-8-10-27-19(14)25-18(24-17)15-5-3-4-9-22-15/h3-5,8-12H,2,6-7H2,1H3,(H,23,24,25,26)/b13-11+,21-12?. The third-order valence-corrected chi connectivity index (χ3v) is 4.47. The van der Waals surface area contributed by atoms with Gasteiger partial charge in [0.15, 0.2) is 5.82 Å². The highest BCUT2D eigenvalue weighted by Crippen LogP contribution is 2.28. The molecule has 3 heterocycles. The van der Waals surface area contributed by atoms with Crippen LogP contribution in [0.15, 0.2) is 57.6 Å². The van der Waals surface area contributed by atoms with Gasteiger partial charge in [0, 0.05) is 18.8 Å². The van der Waals surface area contributed by atoms with Gasteiger partial charge < -0.3 is 5.32 Å². The molecule has 1 amide bonds. The maximum Gasteiger partial charge on any atom is 0.225 e. The van der Waals surface area contributed by atoms with Crippen LogP contribution in [0.25, 0.3) is 21.7 Å². The van der Waals surface area contributed by atoms with Gasteiger partial charge in [0.1, 0.15) is 22.7 Å². The Balaban J connectivity index is 1.77. The average molecular weight is 378 g/mol. The van der Waals surface area contributed by atoms with Crippen LogP contribution in [-0.4, -0.2) is 33.9 Å². The Hall–Kier alpha value is -3.26. The van der Waals surface area contributed by atoms with Gasteiger partial charge >= 0.3 is 0 Å². The molecular weight excluding hydrogens is 360 g/mol. The van der Waals surface area contributed by atoms with Gasteiger partial charge in [-0.05, 0) is 43.6 Å². The van der Waals surface area contributed by atoms with Crippen LogP contribution >= 0.6 is 11.3 Å². The first kappa shape index (κ1) is 18.5. The summed E-state index contributed by atoms with van der Waals surface area (Å²) < 4.78 is 0.